The molecule has 1 aromatic rings. The van der Waals surface area contributed by atoms with Gasteiger partial charge in [-0.3, -0.25) is 0 Å². The second-order valence-electron chi connectivity index (χ2n) is 5.75. The van der Waals surface area contributed by atoms with Crippen molar-refractivity contribution in [2.24, 2.45) is 0 Å². The van der Waals surface area contributed by atoms with Crippen molar-refractivity contribution >= 4 is 10.0 Å². The maximum Gasteiger partial charge on any atom is 0.240 e. The maximum absolute atomic E-state index is 12.1. The van der Waals surface area contributed by atoms with Crippen LogP contribution in [0.3, 0.4) is 0 Å². The van der Waals surface area contributed by atoms with Gasteiger partial charge in [0, 0.05) is 13.2 Å². The monoisotopic (exact) mass is 285 g/mol. The molecule has 0 spiro atoms. The molecule has 0 saturated carbocycles. The van der Waals surface area contributed by atoms with Crippen LogP contribution in [-0.2, 0) is 20.2 Å². The third-order valence-electron chi connectivity index (χ3n) is 2.80. The van der Waals surface area contributed by atoms with E-state index in [4.69, 9.17) is 4.74 Å². The first-order valence-electron chi connectivity index (χ1n) is 6.28. The zero-order valence-corrected chi connectivity index (χ0v) is 13.0. The largest absolute Gasteiger partial charge is 0.383 e. The minimum absolute atomic E-state index is 0.0130. The molecule has 4 nitrogen and oxygen atoms in total. The highest BCUT2D eigenvalue weighted by Gasteiger charge is 2.19. The first-order chi connectivity index (χ1) is 8.66. The van der Waals surface area contributed by atoms with E-state index in [-0.39, 0.29) is 16.4 Å². The summed E-state index contributed by atoms with van der Waals surface area (Å²) in [5.74, 6) is 0. The van der Waals surface area contributed by atoms with E-state index in [9.17, 15) is 8.42 Å². The van der Waals surface area contributed by atoms with Gasteiger partial charge in [-0.2, -0.15) is 0 Å². The van der Waals surface area contributed by atoms with Gasteiger partial charge in [0.1, 0.15) is 0 Å². The molecule has 0 fully saturated rings. The molecule has 0 heterocycles. The predicted octanol–water partition coefficient (Wildman–Crippen LogP) is 2.30. The van der Waals surface area contributed by atoms with Gasteiger partial charge >= 0.3 is 0 Å². The summed E-state index contributed by atoms with van der Waals surface area (Å²) < 4.78 is 31.7. The molecule has 0 aliphatic rings. The molecule has 0 bridgehead atoms. The summed E-state index contributed by atoms with van der Waals surface area (Å²) in [6.45, 7) is 8.39. The Bertz CT molecular complexity index is 500. The summed E-state index contributed by atoms with van der Waals surface area (Å²) in [6, 6.07) is 6.74. The van der Waals surface area contributed by atoms with Crippen LogP contribution in [0.2, 0.25) is 0 Å². The van der Waals surface area contributed by atoms with Gasteiger partial charge in [0.05, 0.1) is 11.5 Å². The third kappa shape index (κ3) is 4.60. The van der Waals surface area contributed by atoms with Crippen LogP contribution in [0, 0.1) is 0 Å². The summed E-state index contributed by atoms with van der Waals surface area (Å²) in [4.78, 5) is 0.281. The number of hydrogen-bond acceptors (Lipinski definition) is 3. The molecule has 0 saturated heterocycles. The van der Waals surface area contributed by atoms with Crippen LogP contribution in [0.5, 0.6) is 0 Å². The lowest BCUT2D eigenvalue weighted by Gasteiger charge is -2.19. The van der Waals surface area contributed by atoms with Crippen LogP contribution in [0.25, 0.3) is 0 Å². The van der Waals surface area contributed by atoms with Crippen molar-refractivity contribution < 1.29 is 13.2 Å². The Kier molecular flexibility index (Phi) is 5.12. The Hall–Kier alpha value is -0.910. The van der Waals surface area contributed by atoms with Crippen LogP contribution in [0.1, 0.15) is 33.3 Å². The van der Waals surface area contributed by atoms with Gasteiger partial charge in [-0.15, -0.1) is 0 Å². The van der Waals surface area contributed by atoms with Crippen LogP contribution >= 0.6 is 0 Å². The van der Waals surface area contributed by atoms with E-state index in [0.717, 1.165) is 5.56 Å². The Morgan fingerprint density at radius 3 is 2.16 bits per heavy atom. The predicted molar refractivity (Wildman–Crippen MR) is 76.8 cm³/mol. The Morgan fingerprint density at radius 1 is 1.21 bits per heavy atom. The molecule has 5 heteroatoms. The molecule has 108 valence electrons. The van der Waals surface area contributed by atoms with Crippen molar-refractivity contribution in [2.45, 2.75) is 44.0 Å². The molecule has 0 aliphatic carbocycles. The fourth-order valence-electron chi connectivity index (χ4n) is 1.75. The van der Waals surface area contributed by atoms with Crippen LogP contribution in [-0.4, -0.2) is 28.2 Å². The van der Waals surface area contributed by atoms with Gasteiger partial charge in [-0.05, 0) is 30.0 Å². The molecular formula is C14H23NO3S. The van der Waals surface area contributed by atoms with Crippen molar-refractivity contribution in [2.75, 3.05) is 13.7 Å². The molecule has 19 heavy (non-hydrogen) atoms. The van der Waals surface area contributed by atoms with Crippen LogP contribution < -0.4 is 4.72 Å². The fourth-order valence-corrected chi connectivity index (χ4v) is 2.98. The van der Waals surface area contributed by atoms with Gasteiger partial charge in [0.2, 0.25) is 10.0 Å². The van der Waals surface area contributed by atoms with E-state index < -0.39 is 10.0 Å². The van der Waals surface area contributed by atoms with Gasteiger partial charge in [0.15, 0.2) is 0 Å². The first kappa shape index (κ1) is 16.1. The number of benzene rings is 1. The molecule has 0 aliphatic heterocycles. The highest BCUT2D eigenvalue weighted by Crippen LogP contribution is 2.23. The van der Waals surface area contributed by atoms with Crippen molar-refractivity contribution in [1.29, 1.82) is 0 Å². The lowest BCUT2D eigenvalue weighted by molar-refractivity contribution is 0.180. The average Bonchev–Trinajstić information content (AvgIpc) is 2.27. The van der Waals surface area contributed by atoms with Crippen molar-refractivity contribution in [3.8, 4) is 0 Å². The molecule has 0 amide bonds. The number of sulfonamides is 1. The molecule has 0 unspecified atom stereocenters. The van der Waals surface area contributed by atoms with Gasteiger partial charge in [0.25, 0.3) is 0 Å². The smallest absolute Gasteiger partial charge is 0.240 e. The number of nitrogens with one attached hydrogen (secondary N) is 1. The van der Waals surface area contributed by atoms with Crippen LogP contribution in [0.15, 0.2) is 29.2 Å². The highest BCUT2D eigenvalue weighted by molar-refractivity contribution is 7.89. The van der Waals surface area contributed by atoms with Gasteiger partial charge in [-0.1, -0.05) is 32.9 Å². The summed E-state index contributed by atoms with van der Waals surface area (Å²) in [5.41, 5.74) is 1.12. The quantitative estimate of drug-likeness (QED) is 0.903. The second-order valence-corrected chi connectivity index (χ2v) is 7.47. The van der Waals surface area contributed by atoms with Gasteiger partial charge in [-0.25, -0.2) is 13.1 Å². The maximum atomic E-state index is 12.1. The Balaban J connectivity index is 2.91. The number of methoxy groups -OCH3 is 1. The fraction of sp³-hybridized carbons (Fsp3) is 0.571. The molecule has 0 aromatic heterocycles. The van der Waals surface area contributed by atoms with E-state index in [0.29, 0.717) is 6.61 Å². The van der Waals surface area contributed by atoms with E-state index in [1.165, 1.54) is 0 Å². The minimum Gasteiger partial charge on any atom is -0.383 e. The lowest BCUT2D eigenvalue weighted by atomic mass is 9.87. The third-order valence-corrected chi connectivity index (χ3v) is 4.41. The van der Waals surface area contributed by atoms with E-state index in [1.54, 1.807) is 26.2 Å². The Labute approximate surface area is 116 Å². The van der Waals surface area contributed by atoms with E-state index in [1.807, 2.05) is 12.1 Å². The number of ether oxygens (including phenoxy) is 1. The number of rotatable bonds is 5. The highest BCUT2D eigenvalue weighted by atomic mass is 32.2. The summed E-state index contributed by atoms with van der Waals surface area (Å²) >= 11 is 0. The zero-order chi connectivity index (χ0) is 14.7. The molecule has 1 atom stereocenters. The normalized spacial score (nSPS) is 14.4. The summed E-state index contributed by atoms with van der Waals surface area (Å²) in [7, 11) is -1.93. The lowest BCUT2D eigenvalue weighted by Crippen LogP contribution is -2.35. The van der Waals surface area contributed by atoms with Gasteiger partial charge < -0.3 is 4.74 Å². The first-order valence-corrected chi connectivity index (χ1v) is 7.77. The minimum atomic E-state index is -3.47. The van der Waals surface area contributed by atoms with Crippen molar-refractivity contribution in [3.05, 3.63) is 29.8 Å². The van der Waals surface area contributed by atoms with Crippen molar-refractivity contribution in [1.82, 2.24) is 4.72 Å². The Morgan fingerprint density at radius 2 is 1.74 bits per heavy atom. The topological polar surface area (TPSA) is 55.4 Å². The molecular weight excluding hydrogens is 262 g/mol. The molecule has 1 N–H and O–H groups in total. The zero-order valence-electron chi connectivity index (χ0n) is 12.2. The number of hydrogen-bond donors (Lipinski definition) is 1. The van der Waals surface area contributed by atoms with E-state index >= 15 is 0 Å². The van der Waals surface area contributed by atoms with E-state index in [2.05, 4.69) is 25.5 Å². The van der Waals surface area contributed by atoms with Crippen molar-refractivity contribution in [3.63, 3.8) is 0 Å². The molecule has 0 radical (unpaired) electrons. The second kappa shape index (κ2) is 6.03. The summed E-state index contributed by atoms with van der Waals surface area (Å²) in [5, 5.41) is 0. The van der Waals surface area contributed by atoms with Crippen LogP contribution in [0.4, 0.5) is 0 Å². The summed E-state index contributed by atoms with van der Waals surface area (Å²) in [6.07, 6.45) is 0. The SMILES string of the molecule is COC[C@H](C)NS(=O)(=O)c1ccc(C(C)(C)C)cc1. The average molecular weight is 285 g/mol. The molecule has 1 rings (SSSR count). The molecule has 1 aromatic carbocycles. The standard InChI is InChI=1S/C14H23NO3S/c1-11(10-18-5)15-19(16,17)13-8-6-12(7-9-13)14(2,3)4/h6-9,11,15H,10H2,1-5H3/t11-/m0/s1.